The number of aromatic nitrogens is 2. The third-order valence-electron chi connectivity index (χ3n) is 6.72. The highest BCUT2D eigenvalue weighted by atomic mass is 16.2. The second-order valence-electron chi connectivity index (χ2n) is 8.65. The summed E-state index contributed by atoms with van der Waals surface area (Å²) < 4.78 is 1.87. The van der Waals surface area contributed by atoms with Crippen LogP contribution >= 0.6 is 0 Å². The number of amides is 2. The summed E-state index contributed by atoms with van der Waals surface area (Å²) in [6, 6.07) is 17.7. The van der Waals surface area contributed by atoms with E-state index < -0.39 is 0 Å². The van der Waals surface area contributed by atoms with E-state index in [0.717, 1.165) is 48.3 Å². The molecular weight excluding hydrogens is 374 g/mol. The maximum absolute atomic E-state index is 13.1. The first kappa shape index (κ1) is 19.1. The quantitative estimate of drug-likeness (QED) is 0.715. The third kappa shape index (κ3) is 3.56. The zero-order valence-electron chi connectivity index (χ0n) is 17.7. The first-order valence-electron chi connectivity index (χ1n) is 10.9. The highest BCUT2D eigenvalue weighted by Crippen LogP contribution is 2.32. The number of aryl methyl sites for hydroxylation is 2. The summed E-state index contributed by atoms with van der Waals surface area (Å²) >= 11 is 0. The maximum Gasteiger partial charge on any atom is 0.321 e. The van der Waals surface area contributed by atoms with Gasteiger partial charge in [-0.15, -0.1) is 0 Å². The molecule has 1 N–H and O–H groups in total. The van der Waals surface area contributed by atoms with Gasteiger partial charge in [0.2, 0.25) is 0 Å². The summed E-state index contributed by atoms with van der Waals surface area (Å²) in [4.78, 5) is 17.7. The fourth-order valence-electron chi connectivity index (χ4n) is 5.13. The molecule has 1 aromatic heterocycles. The lowest BCUT2D eigenvalue weighted by molar-refractivity contribution is 0.178. The summed E-state index contributed by atoms with van der Waals surface area (Å²) in [6.45, 7) is 4.59. The van der Waals surface area contributed by atoms with Gasteiger partial charge in [-0.2, -0.15) is 5.10 Å². The molecule has 2 atom stereocenters. The Morgan fingerprint density at radius 3 is 2.73 bits per heavy atom. The van der Waals surface area contributed by atoms with Gasteiger partial charge in [-0.25, -0.2) is 4.79 Å². The maximum atomic E-state index is 13.1. The number of carbonyl (C=O) groups excluding carboxylic acids is 1. The van der Waals surface area contributed by atoms with Gasteiger partial charge in [0.1, 0.15) is 0 Å². The molecule has 5 rings (SSSR count). The molecule has 2 amide bonds. The molecule has 0 spiro atoms. The number of nitrogens with one attached hydrogen (secondary N) is 1. The van der Waals surface area contributed by atoms with Crippen molar-refractivity contribution in [2.75, 3.05) is 18.4 Å². The van der Waals surface area contributed by atoms with E-state index in [1.807, 2.05) is 41.8 Å². The summed E-state index contributed by atoms with van der Waals surface area (Å²) in [5.74, 6) is 0. The minimum absolute atomic E-state index is 0.000418. The lowest BCUT2D eigenvalue weighted by Gasteiger charge is -2.29. The number of likely N-dealkylation sites (tertiary alicyclic amines) is 1. The molecule has 6 heteroatoms. The number of benzene rings is 2. The first-order valence-corrected chi connectivity index (χ1v) is 10.9. The van der Waals surface area contributed by atoms with Crippen LogP contribution in [0.2, 0.25) is 0 Å². The number of hydrogen-bond acceptors (Lipinski definition) is 3. The van der Waals surface area contributed by atoms with E-state index in [9.17, 15) is 4.79 Å². The van der Waals surface area contributed by atoms with Crippen LogP contribution in [0.5, 0.6) is 0 Å². The lowest BCUT2D eigenvalue weighted by atomic mass is 10.1. The number of nitrogens with zero attached hydrogens (tertiary/aromatic N) is 4. The largest absolute Gasteiger partial charge is 0.323 e. The van der Waals surface area contributed by atoms with Gasteiger partial charge < -0.3 is 10.2 Å². The normalized spacial score (nSPS) is 21.7. The van der Waals surface area contributed by atoms with E-state index in [2.05, 4.69) is 45.6 Å². The van der Waals surface area contributed by atoms with Crippen molar-refractivity contribution in [1.29, 1.82) is 0 Å². The molecule has 2 aliphatic rings. The summed E-state index contributed by atoms with van der Waals surface area (Å²) in [5.41, 5.74) is 4.22. The minimum Gasteiger partial charge on any atom is -0.323 e. The van der Waals surface area contributed by atoms with Crippen molar-refractivity contribution in [3.8, 4) is 0 Å². The van der Waals surface area contributed by atoms with Gasteiger partial charge in [-0.3, -0.25) is 9.58 Å². The van der Waals surface area contributed by atoms with Crippen LogP contribution in [0.4, 0.5) is 10.5 Å². The van der Waals surface area contributed by atoms with Gasteiger partial charge in [-0.05, 0) is 49.9 Å². The summed E-state index contributed by atoms with van der Waals surface area (Å²) in [6.07, 6.45) is 3.45. The molecule has 0 saturated carbocycles. The molecule has 2 unspecified atom stereocenters. The van der Waals surface area contributed by atoms with E-state index in [4.69, 9.17) is 0 Å². The molecule has 2 bridgehead atoms. The molecule has 0 aliphatic carbocycles. The smallest absolute Gasteiger partial charge is 0.321 e. The van der Waals surface area contributed by atoms with Crippen LogP contribution in [0.3, 0.4) is 0 Å². The van der Waals surface area contributed by atoms with Crippen LogP contribution in [0.25, 0.3) is 10.9 Å². The minimum atomic E-state index is 0.000418. The van der Waals surface area contributed by atoms with Crippen LogP contribution in [0.1, 0.15) is 30.5 Å². The molecule has 156 valence electrons. The van der Waals surface area contributed by atoms with Crippen molar-refractivity contribution in [3.63, 3.8) is 0 Å². The number of carbonyl (C=O) groups is 1. The number of rotatable bonds is 3. The predicted octanol–water partition coefficient (Wildman–Crippen LogP) is 4.15. The van der Waals surface area contributed by atoms with Crippen LogP contribution < -0.4 is 5.32 Å². The third-order valence-corrected chi connectivity index (χ3v) is 6.72. The van der Waals surface area contributed by atoms with Crippen molar-refractivity contribution in [1.82, 2.24) is 19.6 Å². The van der Waals surface area contributed by atoms with Crippen molar-refractivity contribution in [3.05, 3.63) is 59.8 Å². The molecule has 2 aromatic carbocycles. The molecule has 2 fully saturated rings. The van der Waals surface area contributed by atoms with Crippen LogP contribution in [-0.4, -0.2) is 50.8 Å². The first-order chi connectivity index (χ1) is 14.6. The highest BCUT2D eigenvalue weighted by molar-refractivity contribution is 5.93. The Balaban J connectivity index is 1.28. The van der Waals surface area contributed by atoms with Crippen LogP contribution in [-0.2, 0) is 13.6 Å². The van der Waals surface area contributed by atoms with Gasteiger partial charge >= 0.3 is 6.03 Å². The van der Waals surface area contributed by atoms with Gasteiger partial charge in [0.25, 0.3) is 0 Å². The van der Waals surface area contributed by atoms with Gasteiger partial charge in [0.15, 0.2) is 0 Å². The van der Waals surface area contributed by atoms with E-state index in [-0.39, 0.29) is 6.03 Å². The highest BCUT2D eigenvalue weighted by Gasteiger charge is 2.38. The predicted molar refractivity (Wildman–Crippen MR) is 119 cm³/mol. The van der Waals surface area contributed by atoms with Gasteiger partial charge in [0, 0.05) is 49.8 Å². The van der Waals surface area contributed by atoms with E-state index in [1.165, 1.54) is 18.4 Å². The number of anilines is 1. The molecular formula is C24H29N5O. The average molecular weight is 404 g/mol. The fraction of sp³-hybridized carbons (Fsp3) is 0.417. The number of fused-ring (bicyclic) bond motifs is 3. The van der Waals surface area contributed by atoms with Crippen molar-refractivity contribution in [2.45, 2.75) is 44.8 Å². The Morgan fingerprint density at radius 1 is 1.10 bits per heavy atom. The SMILES string of the molecule is Cc1nn(C)c2cc(NC(=O)N3CCC4CCC(C3)N4Cc3ccccc3)ccc12. The molecule has 2 saturated heterocycles. The average Bonchev–Trinajstić information content (AvgIpc) is 3.17. The van der Waals surface area contributed by atoms with Gasteiger partial charge in [0.05, 0.1) is 11.2 Å². The molecule has 3 aromatic rings. The lowest BCUT2D eigenvalue weighted by Crippen LogP contribution is -2.42. The second kappa shape index (κ2) is 7.76. The van der Waals surface area contributed by atoms with Crippen molar-refractivity contribution in [2.24, 2.45) is 7.05 Å². The zero-order valence-corrected chi connectivity index (χ0v) is 17.7. The molecule has 0 radical (unpaired) electrons. The fourth-order valence-corrected chi connectivity index (χ4v) is 5.13. The summed E-state index contributed by atoms with van der Waals surface area (Å²) in [5, 5.41) is 8.71. The molecule has 6 nitrogen and oxygen atoms in total. The Labute approximate surface area is 177 Å². The van der Waals surface area contributed by atoms with E-state index >= 15 is 0 Å². The number of hydrogen-bond donors (Lipinski definition) is 1. The molecule has 2 aliphatic heterocycles. The molecule has 30 heavy (non-hydrogen) atoms. The Morgan fingerprint density at radius 2 is 1.90 bits per heavy atom. The van der Waals surface area contributed by atoms with Gasteiger partial charge in [-0.1, -0.05) is 30.3 Å². The molecule has 3 heterocycles. The van der Waals surface area contributed by atoms with Crippen LogP contribution in [0.15, 0.2) is 48.5 Å². The standard InChI is InChI=1S/C24H29N5O/c1-17-22-11-8-19(14-23(22)27(2)26-17)25-24(30)28-13-12-20-9-10-21(16-28)29(20)15-18-6-4-3-5-7-18/h3-8,11,14,20-21H,9-10,12-13,15-16H2,1-2H3,(H,25,30). The second-order valence-corrected chi connectivity index (χ2v) is 8.65. The zero-order chi connectivity index (χ0) is 20.7. The van der Waals surface area contributed by atoms with Crippen LogP contribution in [0, 0.1) is 6.92 Å². The Bertz CT molecular complexity index is 1060. The number of urea groups is 1. The summed E-state index contributed by atoms with van der Waals surface area (Å²) in [7, 11) is 1.94. The van der Waals surface area contributed by atoms with E-state index in [1.54, 1.807) is 0 Å². The monoisotopic (exact) mass is 403 g/mol. The topological polar surface area (TPSA) is 53.4 Å². The van der Waals surface area contributed by atoms with Crippen molar-refractivity contribution < 1.29 is 4.79 Å². The van der Waals surface area contributed by atoms with E-state index in [0.29, 0.717) is 12.1 Å². The van der Waals surface area contributed by atoms with Crippen molar-refractivity contribution >= 4 is 22.6 Å². The Hall–Kier alpha value is -2.86. The Kier molecular flexibility index (Phi) is 4.95.